The van der Waals surface area contributed by atoms with Gasteiger partial charge in [-0.1, -0.05) is 0 Å². The topological polar surface area (TPSA) is 71.3 Å². The predicted octanol–water partition coefficient (Wildman–Crippen LogP) is 2.91. The fourth-order valence-electron chi connectivity index (χ4n) is 2.70. The summed E-state index contributed by atoms with van der Waals surface area (Å²) in [7, 11) is 0. The number of nitrogens with one attached hydrogen (secondary N) is 2. The summed E-state index contributed by atoms with van der Waals surface area (Å²) in [5, 5.41) is 0. The lowest BCUT2D eigenvalue weighted by Crippen LogP contribution is -2.41. The fourth-order valence-corrected chi connectivity index (χ4v) is 3.85. The largest absolute Gasteiger partial charge is 0.466 e. The van der Waals surface area contributed by atoms with E-state index in [0.29, 0.717) is 22.0 Å². The maximum absolute atomic E-state index is 12.1. The number of rotatable bonds is 2. The molecule has 1 aliphatic carbocycles. The maximum Gasteiger partial charge on any atom is 0.279 e. The minimum atomic E-state index is -0.371. The second-order valence-corrected chi connectivity index (χ2v) is 6.64. The van der Waals surface area contributed by atoms with E-state index in [4.69, 9.17) is 4.42 Å². The van der Waals surface area contributed by atoms with Gasteiger partial charge in [-0.25, -0.2) is 0 Å². The van der Waals surface area contributed by atoms with Gasteiger partial charge in [-0.05, 0) is 57.2 Å². The molecule has 2 aromatic rings. The van der Waals surface area contributed by atoms with Crippen molar-refractivity contribution in [1.82, 2.24) is 10.9 Å². The highest BCUT2D eigenvalue weighted by molar-refractivity contribution is 7.14. The van der Waals surface area contributed by atoms with Crippen molar-refractivity contribution in [3.63, 3.8) is 0 Å². The Balaban J connectivity index is 1.63. The molecule has 0 saturated heterocycles. The van der Waals surface area contributed by atoms with E-state index in [-0.39, 0.29) is 11.8 Å². The molecule has 0 spiro atoms. The first-order chi connectivity index (χ1) is 10.5. The highest BCUT2D eigenvalue weighted by Gasteiger charge is 2.18. The zero-order chi connectivity index (χ0) is 15.7. The monoisotopic (exact) mass is 318 g/mol. The molecule has 6 heteroatoms. The number of hydrogen-bond acceptors (Lipinski definition) is 4. The first-order valence-corrected chi connectivity index (χ1v) is 8.15. The third-order valence-corrected chi connectivity index (χ3v) is 5.03. The van der Waals surface area contributed by atoms with Gasteiger partial charge >= 0.3 is 0 Å². The molecule has 0 fully saturated rings. The lowest BCUT2D eigenvalue weighted by Gasteiger charge is -2.08. The minimum absolute atomic E-state index is 0.273. The first-order valence-electron chi connectivity index (χ1n) is 7.34. The van der Waals surface area contributed by atoms with Gasteiger partial charge in [0, 0.05) is 4.88 Å². The molecule has 0 aliphatic heterocycles. The number of fused-ring (bicyclic) bond motifs is 1. The normalized spacial score (nSPS) is 13.5. The molecular formula is C16H18N2O3S. The van der Waals surface area contributed by atoms with Crippen LogP contribution in [0.25, 0.3) is 0 Å². The van der Waals surface area contributed by atoms with Crippen molar-refractivity contribution >= 4 is 23.2 Å². The predicted molar refractivity (Wildman–Crippen MR) is 84.1 cm³/mol. The number of carbonyl (C=O) groups is 2. The van der Waals surface area contributed by atoms with Crippen LogP contribution in [0, 0.1) is 13.8 Å². The molecule has 3 rings (SSSR count). The van der Waals surface area contributed by atoms with Gasteiger partial charge in [-0.2, -0.15) is 0 Å². The number of furan rings is 1. The van der Waals surface area contributed by atoms with Crippen molar-refractivity contribution in [2.75, 3.05) is 0 Å². The molecule has 2 amide bonds. The van der Waals surface area contributed by atoms with E-state index in [0.717, 1.165) is 12.8 Å². The smallest absolute Gasteiger partial charge is 0.279 e. The van der Waals surface area contributed by atoms with Gasteiger partial charge in [0.2, 0.25) is 0 Å². The van der Waals surface area contributed by atoms with E-state index < -0.39 is 0 Å². The average molecular weight is 318 g/mol. The van der Waals surface area contributed by atoms with E-state index in [2.05, 4.69) is 10.9 Å². The highest BCUT2D eigenvalue weighted by atomic mass is 32.1. The van der Waals surface area contributed by atoms with Crippen LogP contribution >= 0.6 is 11.3 Å². The van der Waals surface area contributed by atoms with Crippen LogP contribution in [0.2, 0.25) is 0 Å². The Hall–Kier alpha value is -2.08. The SMILES string of the molecule is Cc1cc(C(=O)NNC(=O)c2cc3c(s2)CCCC3)c(C)o1. The summed E-state index contributed by atoms with van der Waals surface area (Å²) in [4.78, 5) is 26.1. The molecule has 0 aromatic carbocycles. The Kier molecular flexibility index (Phi) is 4.02. The van der Waals surface area contributed by atoms with Crippen LogP contribution in [0.4, 0.5) is 0 Å². The number of carbonyl (C=O) groups excluding carboxylic acids is 2. The van der Waals surface area contributed by atoms with Gasteiger partial charge in [-0.3, -0.25) is 20.4 Å². The van der Waals surface area contributed by atoms with Crippen LogP contribution in [0.15, 0.2) is 16.5 Å². The number of amides is 2. The van der Waals surface area contributed by atoms with Crippen molar-refractivity contribution in [2.24, 2.45) is 0 Å². The van der Waals surface area contributed by atoms with Gasteiger partial charge in [0.05, 0.1) is 10.4 Å². The van der Waals surface area contributed by atoms with Crippen molar-refractivity contribution in [1.29, 1.82) is 0 Å². The van der Waals surface area contributed by atoms with Gasteiger partial charge in [-0.15, -0.1) is 11.3 Å². The van der Waals surface area contributed by atoms with E-state index >= 15 is 0 Å². The van der Waals surface area contributed by atoms with Gasteiger partial charge in [0.15, 0.2) is 0 Å². The third-order valence-electron chi connectivity index (χ3n) is 3.80. The van der Waals surface area contributed by atoms with Crippen LogP contribution < -0.4 is 10.9 Å². The summed E-state index contributed by atoms with van der Waals surface area (Å²) in [5.41, 5.74) is 6.62. The molecule has 22 heavy (non-hydrogen) atoms. The molecule has 0 saturated carbocycles. The van der Waals surface area contributed by atoms with Crippen LogP contribution in [0.5, 0.6) is 0 Å². The fraction of sp³-hybridized carbons (Fsp3) is 0.375. The standard InChI is InChI=1S/C16H18N2O3S/c1-9-7-12(10(2)21-9)15(19)17-18-16(20)14-8-11-5-3-4-6-13(11)22-14/h7-8H,3-6H2,1-2H3,(H,17,19)(H,18,20). The second-order valence-electron chi connectivity index (χ2n) is 5.50. The third kappa shape index (κ3) is 2.92. The number of aryl methyl sites for hydroxylation is 4. The molecule has 2 heterocycles. The second kappa shape index (κ2) is 5.96. The van der Waals surface area contributed by atoms with Crippen LogP contribution in [-0.4, -0.2) is 11.8 Å². The number of hydrazine groups is 1. The molecule has 5 nitrogen and oxygen atoms in total. The molecule has 0 unspecified atom stereocenters. The van der Waals surface area contributed by atoms with E-state index in [9.17, 15) is 9.59 Å². The Morgan fingerprint density at radius 2 is 1.82 bits per heavy atom. The van der Waals surface area contributed by atoms with Gasteiger partial charge in [0.25, 0.3) is 11.8 Å². The van der Waals surface area contributed by atoms with E-state index in [1.165, 1.54) is 34.6 Å². The summed E-state index contributed by atoms with van der Waals surface area (Å²) in [5.74, 6) is 0.561. The van der Waals surface area contributed by atoms with Gasteiger partial charge in [0.1, 0.15) is 11.5 Å². The maximum atomic E-state index is 12.1. The zero-order valence-electron chi connectivity index (χ0n) is 12.6. The van der Waals surface area contributed by atoms with Gasteiger partial charge < -0.3 is 4.42 Å². The summed E-state index contributed by atoms with van der Waals surface area (Å²) >= 11 is 1.52. The molecule has 1 aliphatic rings. The Labute approximate surface area is 132 Å². The van der Waals surface area contributed by atoms with E-state index in [1.807, 2.05) is 6.07 Å². The van der Waals surface area contributed by atoms with Crippen molar-refractivity contribution in [3.05, 3.63) is 44.5 Å². The van der Waals surface area contributed by atoms with Crippen molar-refractivity contribution in [2.45, 2.75) is 39.5 Å². The molecule has 0 radical (unpaired) electrons. The van der Waals surface area contributed by atoms with Crippen molar-refractivity contribution < 1.29 is 14.0 Å². The molecule has 116 valence electrons. The highest BCUT2D eigenvalue weighted by Crippen LogP contribution is 2.29. The first kappa shape index (κ1) is 14.8. The molecular weight excluding hydrogens is 300 g/mol. The summed E-state index contributed by atoms with van der Waals surface area (Å²) in [6.45, 7) is 3.50. The Bertz CT molecular complexity index is 706. The Morgan fingerprint density at radius 3 is 2.50 bits per heavy atom. The van der Waals surface area contributed by atoms with E-state index in [1.54, 1.807) is 19.9 Å². The van der Waals surface area contributed by atoms with Crippen LogP contribution in [0.1, 0.15) is 54.8 Å². The summed E-state index contributed by atoms with van der Waals surface area (Å²) in [6, 6.07) is 3.59. The lowest BCUT2D eigenvalue weighted by molar-refractivity contribution is 0.0848. The van der Waals surface area contributed by atoms with Crippen LogP contribution in [-0.2, 0) is 12.8 Å². The van der Waals surface area contributed by atoms with Crippen LogP contribution in [0.3, 0.4) is 0 Å². The molecule has 0 atom stereocenters. The molecule has 2 aromatic heterocycles. The zero-order valence-corrected chi connectivity index (χ0v) is 13.4. The lowest BCUT2D eigenvalue weighted by atomic mass is 9.99. The number of thiophene rings is 1. The average Bonchev–Trinajstić information content (AvgIpc) is 3.07. The van der Waals surface area contributed by atoms with Crippen molar-refractivity contribution in [3.8, 4) is 0 Å². The Morgan fingerprint density at radius 1 is 1.09 bits per heavy atom. The quantitative estimate of drug-likeness (QED) is 0.836. The minimum Gasteiger partial charge on any atom is -0.466 e. The molecule has 0 bridgehead atoms. The number of hydrogen-bond donors (Lipinski definition) is 2. The summed E-state index contributed by atoms with van der Waals surface area (Å²) in [6.07, 6.45) is 4.46. The molecule has 2 N–H and O–H groups in total. The summed E-state index contributed by atoms with van der Waals surface area (Å²) < 4.78 is 5.31.